The maximum Gasteiger partial charge on any atom is 0.336 e. The molecule has 0 unspecified atom stereocenters. The number of benzene rings is 2. The van der Waals surface area contributed by atoms with Gasteiger partial charge >= 0.3 is 11.3 Å². The van der Waals surface area contributed by atoms with E-state index in [0.717, 1.165) is 5.39 Å². The quantitative estimate of drug-likeness (QED) is 0.183. The highest BCUT2D eigenvalue weighted by atomic mass is 16.6. The third-order valence-corrected chi connectivity index (χ3v) is 7.69. The molecular weight excluding hydrogens is 588 g/mol. The van der Waals surface area contributed by atoms with Crippen LogP contribution in [0, 0.1) is 0 Å². The summed E-state index contributed by atoms with van der Waals surface area (Å²) in [6.07, 6.45) is 0.694. The van der Waals surface area contributed by atoms with E-state index in [4.69, 9.17) is 36.6 Å². The molecule has 0 aliphatic carbocycles. The van der Waals surface area contributed by atoms with Crippen molar-refractivity contribution in [3.63, 3.8) is 0 Å². The minimum Gasteiger partial charge on any atom is -0.495 e. The van der Waals surface area contributed by atoms with Crippen LogP contribution in [0.5, 0.6) is 17.2 Å². The van der Waals surface area contributed by atoms with Gasteiger partial charge in [-0.15, -0.1) is 0 Å². The molecule has 0 aliphatic heterocycles. The standard InChI is InChI=1S/C33H32O12/c1-32(2,37)22(16-42-30-25-18(10-12-39-25)14-17-6-8-23(35)43-26(17)30)45-33(3,4)21(34)15-41-31-28-20(11-13-40-28)27(38-5)19-7-9-24(36)44-29(19)31/h6-14,21-22,34,37H,15-16H2,1-5H3/t21-,22+/m1/s1. The molecule has 0 spiro atoms. The molecule has 0 aliphatic rings. The average Bonchev–Trinajstić information content (AvgIpc) is 3.66. The zero-order chi connectivity index (χ0) is 32.1. The van der Waals surface area contributed by atoms with Gasteiger partial charge in [-0.3, -0.25) is 0 Å². The minimum absolute atomic E-state index is 0.0986. The summed E-state index contributed by atoms with van der Waals surface area (Å²) in [5.74, 6) is 0.736. The second-order valence-corrected chi connectivity index (χ2v) is 11.7. The molecule has 236 valence electrons. The van der Waals surface area contributed by atoms with Gasteiger partial charge in [-0.1, -0.05) is 0 Å². The zero-order valence-corrected chi connectivity index (χ0v) is 25.2. The van der Waals surface area contributed by atoms with Crippen LogP contribution >= 0.6 is 0 Å². The van der Waals surface area contributed by atoms with Crippen LogP contribution in [0.2, 0.25) is 0 Å². The number of methoxy groups -OCH3 is 1. The van der Waals surface area contributed by atoms with Gasteiger partial charge < -0.3 is 46.8 Å². The van der Waals surface area contributed by atoms with Gasteiger partial charge in [-0.2, -0.15) is 0 Å². The van der Waals surface area contributed by atoms with Crippen LogP contribution in [0.15, 0.2) is 82.2 Å². The van der Waals surface area contributed by atoms with Crippen molar-refractivity contribution in [2.75, 3.05) is 20.3 Å². The van der Waals surface area contributed by atoms with Crippen molar-refractivity contribution in [2.45, 2.75) is 51.1 Å². The minimum atomic E-state index is -1.44. The first-order valence-electron chi connectivity index (χ1n) is 14.2. The van der Waals surface area contributed by atoms with Gasteiger partial charge in [0.2, 0.25) is 11.5 Å². The molecule has 12 heteroatoms. The molecule has 0 radical (unpaired) electrons. The van der Waals surface area contributed by atoms with E-state index in [1.807, 2.05) is 0 Å². The third-order valence-electron chi connectivity index (χ3n) is 7.69. The first-order chi connectivity index (χ1) is 21.4. The molecule has 0 amide bonds. The number of hydrogen-bond acceptors (Lipinski definition) is 12. The maximum absolute atomic E-state index is 12.1. The first-order valence-corrected chi connectivity index (χ1v) is 14.2. The molecule has 6 aromatic rings. The van der Waals surface area contributed by atoms with Crippen LogP contribution in [0.3, 0.4) is 0 Å². The lowest BCUT2D eigenvalue weighted by Crippen LogP contribution is -2.52. The molecule has 6 rings (SSSR count). The van der Waals surface area contributed by atoms with E-state index in [9.17, 15) is 19.8 Å². The highest BCUT2D eigenvalue weighted by molar-refractivity contribution is 6.06. The van der Waals surface area contributed by atoms with Crippen molar-refractivity contribution in [1.29, 1.82) is 0 Å². The second kappa shape index (κ2) is 11.3. The summed E-state index contributed by atoms with van der Waals surface area (Å²) in [7, 11) is 1.49. The molecule has 12 nitrogen and oxygen atoms in total. The molecular formula is C33H32O12. The van der Waals surface area contributed by atoms with E-state index < -0.39 is 34.7 Å². The SMILES string of the molecule is COc1c2ccoc2c(OC[C@@H](O)C(C)(C)O[C@@H](COc2c3occc3cc3ccc(=O)oc23)C(C)(C)O)c2oc(=O)ccc12. The number of fused-ring (bicyclic) bond motifs is 4. The summed E-state index contributed by atoms with van der Waals surface area (Å²) >= 11 is 0. The van der Waals surface area contributed by atoms with E-state index in [1.165, 1.54) is 31.8 Å². The Bertz CT molecular complexity index is 2120. The lowest BCUT2D eigenvalue weighted by Gasteiger charge is -2.39. The predicted octanol–water partition coefficient (Wildman–Crippen LogP) is 5.15. The largest absolute Gasteiger partial charge is 0.495 e. The average molecular weight is 621 g/mol. The molecule has 2 aromatic carbocycles. The highest BCUT2D eigenvalue weighted by Gasteiger charge is 2.39. The van der Waals surface area contributed by atoms with Crippen LogP contribution in [-0.2, 0) is 4.74 Å². The fourth-order valence-electron chi connectivity index (χ4n) is 5.11. The van der Waals surface area contributed by atoms with Crippen molar-refractivity contribution in [3.05, 3.63) is 75.8 Å². The smallest absolute Gasteiger partial charge is 0.336 e. The van der Waals surface area contributed by atoms with Crippen LogP contribution in [0.25, 0.3) is 43.9 Å². The normalized spacial score (nSPS) is 13.9. The van der Waals surface area contributed by atoms with Crippen molar-refractivity contribution >= 4 is 43.9 Å². The Kier molecular flexibility index (Phi) is 7.59. The van der Waals surface area contributed by atoms with Crippen molar-refractivity contribution in [2.24, 2.45) is 0 Å². The van der Waals surface area contributed by atoms with E-state index in [1.54, 1.807) is 58.0 Å². The Balaban J connectivity index is 1.25. The van der Waals surface area contributed by atoms with Gasteiger partial charge in [0.25, 0.3) is 0 Å². The van der Waals surface area contributed by atoms with Gasteiger partial charge in [-0.05, 0) is 58.0 Å². The number of furan rings is 2. The summed E-state index contributed by atoms with van der Waals surface area (Å²) in [4.78, 5) is 24.1. The number of ether oxygens (including phenoxy) is 4. The molecule has 0 fully saturated rings. The molecule has 0 saturated heterocycles. The molecule has 4 aromatic heterocycles. The molecule has 0 bridgehead atoms. The fourth-order valence-corrected chi connectivity index (χ4v) is 5.11. The van der Waals surface area contributed by atoms with Crippen molar-refractivity contribution < 1.29 is 46.8 Å². The van der Waals surface area contributed by atoms with E-state index in [0.29, 0.717) is 27.5 Å². The first kappa shape index (κ1) is 30.3. The fraction of sp³-hybridized carbons (Fsp3) is 0.333. The van der Waals surface area contributed by atoms with Gasteiger partial charge in [0.15, 0.2) is 22.3 Å². The Labute approximate surface area is 255 Å². The van der Waals surface area contributed by atoms with Crippen molar-refractivity contribution in [3.8, 4) is 17.2 Å². The molecule has 4 heterocycles. The van der Waals surface area contributed by atoms with Crippen molar-refractivity contribution in [1.82, 2.24) is 0 Å². The maximum atomic E-state index is 12.1. The lowest BCUT2D eigenvalue weighted by molar-refractivity contribution is -0.197. The summed E-state index contributed by atoms with van der Waals surface area (Å²) < 4.78 is 46.1. The molecule has 45 heavy (non-hydrogen) atoms. The number of rotatable bonds is 11. The topological polar surface area (TPSA) is 164 Å². The molecule has 2 atom stereocenters. The Morgan fingerprint density at radius 2 is 1.33 bits per heavy atom. The van der Waals surface area contributed by atoms with Crippen LogP contribution in [0.4, 0.5) is 0 Å². The van der Waals surface area contributed by atoms with Crippen LogP contribution in [-0.4, -0.2) is 53.9 Å². The third kappa shape index (κ3) is 5.63. The van der Waals surface area contributed by atoms with E-state index >= 15 is 0 Å². The number of aliphatic hydroxyl groups excluding tert-OH is 1. The van der Waals surface area contributed by atoms with Gasteiger partial charge in [0.1, 0.15) is 31.2 Å². The summed E-state index contributed by atoms with van der Waals surface area (Å²) in [6, 6.07) is 11.0. The number of aliphatic hydroxyl groups is 2. The molecule has 2 N–H and O–H groups in total. The second-order valence-electron chi connectivity index (χ2n) is 11.7. The Morgan fingerprint density at radius 3 is 2.07 bits per heavy atom. The van der Waals surface area contributed by atoms with E-state index in [-0.39, 0.29) is 41.5 Å². The van der Waals surface area contributed by atoms with Crippen LogP contribution < -0.4 is 25.5 Å². The monoisotopic (exact) mass is 620 g/mol. The Morgan fingerprint density at radius 1 is 0.733 bits per heavy atom. The zero-order valence-electron chi connectivity index (χ0n) is 25.2. The summed E-state index contributed by atoms with van der Waals surface area (Å²) in [5, 5.41) is 24.8. The predicted molar refractivity (Wildman–Crippen MR) is 163 cm³/mol. The highest BCUT2D eigenvalue weighted by Crippen LogP contribution is 2.43. The lowest BCUT2D eigenvalue weighted by atomic mass is 9.97. The van der Waals surface area contributed by atoms with Crippen LogP contribution in [0.1, 0.15) is 27.7 Å². The van der Waals surface area contributed by atoms with E-state index in [2.05, 4.69) is 0 Å². The van der Waals surface area contributed by atoms with Gasteiger partial charge in [-0.25, -0.2) is 9.59 Å². The summed E-state index contributed by atoms with van der Waals surface area (Å²) in [5.41, 5.74) is -2.98. The summed E-state index contributed by atoms with van der Waals surface area (Å²) in [6.45, 7) is 5.86. The molecule has 0 saturated carbocycles. The number of hydrogen-bond donors (Lipinski definition) is 2. The van der Waals surface area contributed by atoms with Gasteiger partial charge in [0.05, 0.1) is 41.6 Å². The van der Waals surface area contributed by atoms with Gasteiger partial charge in [0, 0.05) is 22.9 Å². The Hall–Kier alpha value is -4.78.